The van der Waals surface area contributed by atoms with Gasteiger partial charge in [-0.1, -0.05) is 24.3 Å². The van der Waals surface area contributed by atoms with E-state index in [1.54, 1.807) is 36.4 Å². The summed E-state index contributed by atoms with van der Waals surface area (Å²) in [5, 5.41) is 24.3. The monoisotopic (exact) mass is 1500 g/mol. The van der Waals surface area contributed by atoms with Gasteiger partial charge in [0.1, 0.15) is 11.6 Å². The average molecular weight is 1510 g/mol. The van der Waals surface area contributed by atoms with Crippen molar-refractivity contribution in [2.45, 2.75) is 109 Å². The van der Waals surface area contributed by atoms with Crippen molar-refractivity contribution in [3.05, 3.63) is 59.7 Å². The number of carboxylic acids is 1. The summed E-state index contributed by atoms with van der Waals surface area (Å²) < 4.78 is 48.9. The summed E-state index contributed by atoms with van der Waals surface area (Å²) in [4.78, 5) is 47.3. The van der Waals surface area contributed by atoms with E-state index < -0.39 is 37.5 Å². The van der Waals surface area contributed by atoms with Crippen LogP contribution in [0.3, 0.4) is 0 Å². The van der Waals surface area contributed by atoms with E-state index >= 15 is 0 Å². The molecule has 4 aliphatic carbocycles. The number of benzene rings is 2. The fourth-order valence-corrected chi connectivity index (χ4v) is 10.0. The number of nitrogens with two attached hydrogens (primary N) is 1. The number of carbonyl (C=O) groups excluding carboxylic acids is 3. The zero-order valence-corrected chi connectivity index (χ0v) is 45.4. The Hall–Kier alpha value is 0.140. The van der Waals surface area contributed by atoms with Crippen LogP contribution < -0.4 is 24.3 Å². The Morgan fingerprint density at radius 2 is 1.09 bits per heavy atom. The van der Waals surface area contributed by atoms with E-state index in [1.807, 2.05) is 0 Å². The van der Waals surface area contributed by atoms with Crippen molar-refractivity contribution in [1.29, 1.82) is 10.8 Å². The molecule has 1 amide bonds. The van der Waals surface area contributed by atoms with Crippen molar-refractivity contribution >= 4 is 154 Å². The molecule has 0 spiro atoms. The first-order valence-corrected chi connectivity index (χ1v) is 39.5. The van der Waals surface area contributed by atoms with Gasteiger partial charge in [-0.05, 0) is 98.6 Å². The number of carbonyl (C=O) groups is 4. The van der Waals surface area contributed by atoms with Gasteiger partial charge < -0.3 is 16.2 Å². The molecule has 4 unspecified atom stereocenters. The second-order valence-electron chi connectivity index (χ2n) is 13.7. The molecular weight excluding hydrogens is 1460 g/mol. The van der Waals surface area contributed by atoms with E-state index in [4.69, 9.17) is 10.8 Å². The molecule has 0 saturated heterocycles. The second-order valence-corrected chi connectivity index (χ2v) is 34.4. The Labute approximate surface area is 405 Å². The quantitative estimate of drug-likeness (QED) is 0.0965. The number of hydrogen-bond donors (Lipinski definition) is 5. The number of carboxylic acid groups (broad SMARTS) is 1. The van der Waals surface area contributed by atoms with Gasteiger partial charge >= 0.3 is 56.5 Å². The zero-order chi connectivity index (χ0) is 42.1. The van der Waals surface area contributed by atoms with Gasteiger partial charge in [-0.2, -0.15) is 0 Å². The van der Waals surface area contributed by atoms with E-state index in [9.17, 15) is 41.1 Å². The molecule has 13 nitrogen and oxygen atoms in total. The van der Waals surface area contributed by atoms with Crippen LogP contribution in [-0.4, -0.2) is 68.6 Å². The van der Waals surface area contributed by atoms with Crippen molar-refractivity contribution in [3.8, 4) is 0 Å². The second kappa shape index (κ2) is 28.0. The first kappa shape index (κ1) is 55.2. The van der Waals surface area contributed by atoms with Crippen LogP contribution >= 0.6 is 98.4 Å². The molecular formula is C36H47I6N4O9S2-. The fourth-order valence-electron chi connectivity index (χ4n) is 6.72. The molecule has 6 N–H and O–H groups in total. The summed E-state index contributed by atoms with van der Waals surface area (Å²) >= 11 is 9.54. The molecule has 57 heavy (non-hydrogen) atoms. The predicted molar refractivity (Wildman–Crippen MR) is 262 cm³/mol. The topological polar surface area (TPSA) is 243 Å². The van der Waals surface area contributed by atoms with Gasteiger partial charge in [-0.15, -0.1) is 24.0 Å². The number of hydrogen-bond acceptors (Lipinski definition) is 10. The van der Waals surface area contributed by atoms with Gasteiger partial charge in [-0.3, -0.25) is 30.0 Å². The maximum atomic E-state index is 12.3. The minimum absolute atomic E-state index is 0. The minimum Gasteiger partial charge on any atom is -0.481 e. The largest absolute Gasteiger partial charge is 0.481 e. The van der Waals surface area contributed by atoms with Crippen LogP contribution in [0, 0.1) is 22.7 Å². The van der Waals surface area contributed by atoms with Crippen LogP contribution in [0.15, 0.2) is 58.3 Å². The Bertz CT molecular complexity index is 1860. The molecule has 4 fully saturated rings. The molecule has 2 aromatic rings. The number of rotatable bonds is 13. The standard InChI is InChI=1S/C18H22N2O4S.C17H20O5S.CH4N2.I3.I2.HI/c19-11-20-18(22)17(10-12-1-4-14(21)9-12)13-2-5-15(6-3-13)25(23,24)16-7-8-16;18-13-4-1-11(9-13)10-16(17(19)20)12-2-5-14(6-3-12)23(21,22)15-7-8-15;2-1-3;1-3-2;1-2;/h2-3,5-6,11-12,16-17H,1,4,7-10H2,(H2,19,20,22);2-3,5-6,11,15-16H,1,4,7-10H2,(H,19,20);1H,(H3,2,3);;;1H/q;;;-1;;. The van der Waals surface area contributed by atoms with E-state index in [1.165, 1.54) is 12.1 Å². The van der Waals surface area contributed by atoms with Crippen molar-refractivity contribution < 1.29 is 54.4 Å². The van der Waals surface area contributed by atoms with Gasteiger partial charge in [0.05, 0.1) is 44.8 Å². The molecule has 2 aromatic carbocycles. The van der Waals surface area contributed by atoms with Gasteiger partial charge in [0.15, 0.2) is 19.7 Å². The van der Waals surface area contributed by atoms with Gasteiger partial charge in [0, 0.05) is 62.9 Å². The molecule has 4 saturated carbocycles. The van der Waals surface area contributed by atoms with Crippen LogP contribution in [0.1, 0.15) is 100 Å². The number of aliphatic carboxylic acids is 1. The molecule has 0 heterocycles. The van der Waals surface area contributed by atoms with Crippen LogP contribution in [0.4, 0.5) is 0 Å². The third kappa shape index (κ3) is 18.2. The van der Waals surface area contributed by atoms with Crippen molar-refractivity contribution in [2.24, 2.45) is 17.6 Å². The third-order valence-corrected chi connectivity index (χ3v) is 14.4. The summed E-state index contributed by atoms with van der Waals surface area (Å²) in [6.45, 7) is 0. The first-order chi connectivity index (χ1) is 26.6. The molecule has 0 aliphatic heterocycles. The first-order valence-electron chi connectivity index (χ1n) is 17.6. The third-order valence-electron chi connectivity index (χ3n) is 9.81. The van der Waals surface area contributed by atoms with Crippen molar-refractivity contribution in [1.82, 2.24) is 5.32 Å². The predicted octanol–water partition coefficient (Wildman–Crippen LogP) is 5.46. The fraction of sp³-hybridized carbons (Fsp3) is 0.500. The summed E-state index contributed by atoms with van der Waals surface area (Å²) in [7, 11) is -6.50. The molecule has 21 heteroatoms. The molecule has 6 rings (SSSR count). The molecule has 0 aromatic heterocycles. The van der Waals surface area contributed by atoms with Crippen LogP contribution in [0.25, 0.3) is 0 Å². The van der Waals surface area contributed by atoms with Crippen molar-refractivity contribution in [2.75, 3.05) is 0 Å². The van der Waals surface area contributed by atoms with E-state index in [2.05, 4.69) is 85.5 Å². The molecule has 4 atom stereocenters. The number of nitrogens with one attached hydrogen (secondary N) is 3. The SMILES string of the molecule is I.II.I[I-]I.N=CN.N=CNC(=O)C(CC1CCC(=O)C1)c1ccc(S(=O)(=O)C2CC2)cc1.O=C1CCC(CC(C(=O)O)c2ccc(S(=O)(=O)C3CC3)cc2)C1. The summed E-state index contributed by atoms with van der Waals surface area (Å²) in [6, 6.07) is 12.7. The van der Waals surface area contributed by atoms with Crippen LogP contribution in [0.2, 0.25) is 0 Å². The van der Waals surface area contributed by atoms with Crippen LogP contribution in [0.5, 0.6) is 0 Å². The van der Waals surface area contributed by atoms with E-state index in [-0.39, 0.29) is 68.7 Å². The molecule has 320 valence electrons. The smallest absolute Gasteiger partial charge is 0.310 e. The zero-order valence-electron chi connectivity index (χ0n) is 30.6. The number of ketones is 2. The molecule has 4 aliphatic rings. The normalized spacial score (nSPS) is 19.5. The molecule has 0 radical (unpaired) electrons. The summed E-state index contributed by atoms with van der Waals surface area (Å²) in [5.41, 5.74) is 5.71. The average Bonchev–Trinajstić information content (AvgIpc) is 4.11. The maximum Gasteiger partial charge on any atom is 0.310 e. The van der Waals surface area contributed by atoms with Crippen molar-refractivity contribution in [3.63, 3.8) is 0 Å². The Morgan fingerprint density at radius 1 is 0.754 bits per heavy atom. The van der Waals surface area contributed by atoms with Gasteiger partial charge in [0.2, 0.25) is 5.91 Å². The van der Waals surface area contributed by atoms with Gasteiger partial charge in [-0.25, -0.2) is 16.8 Å². The Balaban J connectivity index is 0.000000476. The number of halogens is 6. The van der Waals surface area contributed by atoms with Gasteiger partial charge in [0.25, 0.3) is 0 Å². The number of sulfone groups is 2. The summed E-state index contributed by atoms with van der Waals surface area (Å²) in [5.74, 6) is -1.72. The van der Waals surface area contributed by atoms with Crippen LogP contribution in [-0.2, 0) is 38.9 Å². The van der Waals surface area contributed by atoms with E-state index in [0.717, 1.165) is 25.5 Å². The Kier molecular flexibility index (Phi) is 27.1. The Morgan fingerprint density at radius 3 is 1.37 bits per heavy atom. The van der Waals surface area contributed by atoms with E-state index in [0.29, 0.717) is 93.5 Å². The molecule has 0 bridgehead atoms. The number of Topliss-reactive ketones (excluding diaryl/α,β-unsaturated/α-hetero) is 2. The summed E-state index contributed by atoms with van der Waals surface area (Å²) in [6.07, 6.45) is 8.96. The minimum atomic E-state index is -3.25. The number of amides is 1. The maximum absolute atomic E-state index is 12.3.